The van der Waals surface area contributed by atoms with Crippen molar-refractivity contribution < 1.29 is 24.6 Å². The zero-order chi connectivity index (χ0) is 23.9. The minimum atomic E-state index is -1.36. The molecular formula is C25H27N3O5. The van der Waals surface area contributed by atoms with Gasteiger partial charge < -0.3 is 15.5 Å². The Bertz CT molecular complexity index is 1220. The van der Waals surface area contributed by atoms with Crippen LogP contribution in [0.15, 0.2) is 36.4 Å². The molecule has 8 nitrogen and oxygen atoms in total. The Morgan fingerprint density at radius 1 is 1.00 bits per heavy atom. The molecule has 4 N–H and O–H groups in total. The number of imide groups is 1. The molecule has 33 heavy (non-hydrogen) atoms. The molecule has 0 radical (unpaired) electrons. The number of benzene rings is 2. The quantitative estimate of drug-likeness (QED) is 0.412. The van der Waals surface area contributed by atoms with E-state index in [4.69, 9.17) is 0 Å². The fraction of sp³-hybridized carbons (Fsp3) is 0.400. The molecule has 2 fully saturated rings. The molecule has 4 atom stereocenters. The SMILES string of the molecule is Cc1ccc2c(c1)[C@@]1(N[C@@H](Cc3ccc(O)c(O)c3)[C@H]3C(=O)N(C(C)(C)C)C(=O)[C@H]31)C(=O)N2. The van der Waals surface area contributed by atoms with Gasteiger partial charge in [0, 0.05) is 22.8 Å². The molecule has 3 aliphatic rings. The zero-order valence-corrected chi connectivity index (χ0v) is 19.0. The highest BCUT2D eigenvalue weighted by atomic mass is 16.3. The van der Waals surface area contributed by atoms with Crippen LogP contribution in [-0.2, 0) is 26.3 Å². The standard InChI is InChI=1S/C25H27N3O5/c1-12-5-7-15-14(9-12)25(23(33)26-15)20-19(21(31)28(22(20)32)24(2,3)4)16(27-25)10-13-6-8-17(29)18(30)11-13/h5-9,11,16,19-20,27,29-30H,10H2,1-4H3,(H,26,33)/t16-,19+,20-,25-/m0/s1. The molecule has 3 aliphatic heterocycles. The lowest BCUT2D eigenvalue weighted by Crippen LogP contribution is -2.56. The molecule has 0 bridgehead atoms. The monoisotopic (exact) mass is 449 g/mol. The summed E-state index contributed by atoms with van der Waals surface area (Å²) in [7, 11) is 0. The lowest BCUT2D eigenvalue weighted by molar-refractivity contribution is -0.147. The number of phenols is 2. The Kier molecular flexibility index (Phi) is 4.42. The first kappa shape index (κ1) is 21.5. The molecule has 3 heterocycles. The summed E-state index contributed by atoms with van der Waals surface area (Å²) in [5.74, 6) is -3.13. The second-order valence-electron chi connectivity index (χ2n) is 10.3. The van der Waals surface area contributed by atoms with Gasteiger partial charge in [-0.15, -0.1) is 0 Å². The molecule has 0 unspecified atom stereocenters. The average Bonchev–Trinajstić information content (AvgIpc) is 3.29. The van der Waals surface area contributed by atoms with Gasteiger partial charge in [0.05, 0.1) is 11.8 Å². The number of carbonyl (C=O) groups excluding carboxylic acids is 3. The summed E-state index contributed by atoms with van der Waals surface area (Å²) >= 11 is 0. The van der Waals surface area contributed by atoms with E-state index in [2.05, 4.69) is 10.6 Å². The van der Waals surface area contributed by atoms with Crippen molar-refractivity contribution in [1.29, 1.82) is 0 Å². The van der Waals surface area contributed by atoms with Crippen molar-refractivity contribution >= 4 is 23.4 Å². The fourth-order valence-corrected chi connectivity index (χ4v) is 5.70. The molecule has 2 saturated heterocycles. The van der Waals surface area contributed by atoms with Crippen LogP contribution in [0, 0.1) is 18.8 Å². The summed E-state index contributed by atoms with van der Waals surface area (Å²) in [5.41, 5.74) is 0.841. The summed E-state index contributed by atoms with van der Waals surface area (Å²) in [6.45, 7) is 7.35. The first-order chi connectivity index (χ1) is 15.4. The smallest absolute Gasteiger partial charge is 0.250 e. The first-order valence-electron chi connectivity index (χ1n) is 11.0. The predicted molar refractivity (Wildman–Crippen MR) is 120 cm³/mol. The Morgan fingerprint density at radius 2 is 1.73 bits per heavy atom. The lowest BCUT2D eigenvalue weighted by Gasteiger charge is -2.34. The van der Waals surface area contributed by atoms with E-state index >= 15 is 0 Å². The van der Waals surface area contributed by atoms with Crippen LogP contribution in [0.1, 0.15) is 37.5 Å². The Balaban J connectivity index is 1.66. The molecule has 0 aromatic heterocycles. The van der Waals surface area contributed by atoms with E-state index in [1.807, 2.05) is 45.9 Å². The fourth-order valence-electron chi connectivity index (χ4n) is 5.70. The number of fused-ring (bicyclic) bond motifs is 4. The van der Waals surface area contributed by atoms with Gasteiger partial charge in [-0.1, -0.05) is 23.8 Å². The number of rotatable bonds is 2. The Hall–Kier alpha value is -3.39. The van der Waals surface area contributed by atoms with Gasteiger partial charge in [-0.25, -0.2) is 0 Å². The van der Waals surface area contributed by atoms with Gasteiger partial charge in [-0.3, -0.25) is 24.6 Å². The Labute approximate surface area is 191 Å². The van der Waals surface area contributed by atoms with Crippen molar-refractivity contribution in [3.8, 4) is 11.5 Å². The van der Waals surface area contributed by atoms with Crippen molar-refractivity contribution in [2.75, 3.05) is 5.32 Å². The molecule has 2 aromatic rings. The number of hydrogen-bond donors (Lipinski definition) is 4. The van der Waals surface area contributed by atoms with Gasteiger partial charge in [0.25, 0.3) is 0 Å². The number of aryl methyl sites for hydroxylation is 1. The van der Waals surface area contributed by atoms with Crippen LogP contribution in [0.5, 0.6) is 11.5 Å². The Morgan fingerprint density at radius 3 is 2.39 bits per heavy atom. The van der Waals surface area contributed by atoms with Crippen molar-refractivity contribution in [2.45, 2.75) is 51.2 Å². The van der Waals surface area contributed by atoms with Crippen LogP contribution in [0.4, 0.5) is 5.69 Å². The van der Waals surface area contributed by atoms with E-state index in [1.54, 1.807) is 6.07 Å². The number of likely N-dealkylation sites (tertiary alicyclic amines) is 1. The van der Waals surface area contributed by atoms with Crippen molar-refractivity contribution in [3.05, 3.63) is 53.1 Å². The summed E-state index contributed by atoms with van der Waals surface area (Å²) in [6, 6.07) is 9.56. The molecule has 0 aliphatic carbocycles. The number of aromatic hydroxyl groups is 2. The van der Waals surface area contributed by atoms with Gasteiger partial charge in [0.1, 0.15) is 5.54 Å². The first-order valence-corrected chi connectivity index (χ1v) is 11.0. The van der Waals surface area contributed by atoms with Gasteiger partial charge in [-0.2, -0.15) is 0 Å². The summed E-state index contributed by atoms with van der Waals surface area (Å²) in [6.07, 6.45) is 0.294. The number of nitrogens with one attached hydrogen (secondary N) is 2. The van der Waals surface area contributed by atoms with Gasteiger partial charge in [0.15, 0.2) is 11.5 Å². The number of phenolic OH excluding ortho intramolecular Hbond substituents is 2. The van der Waals surface area contributed by atoms with Crippen LogP contribution in [0.3, 0.4) is 0 Å². The van der Waals surface area contributed by atoms with E-state index in [0.29, 0.717) is 23.2 Å². The third kappa shape index (κ3) is 2.90. The van der Waals surface area contributed by atoms with Crippen LogP contribution >= 0.6 is 0 Å². The minimum absolute atomic E-state index is 0.238. The molecule has 172 valence electrons. The third-order valence-electron chi connectivity index (χ3n) is 7.04. The number of nitrogens with zero attached hydrogens (tertiary/aromatic N) is 1. The van der Waals surface area contributed by atoms with Crippen LogP contribution < -0.4 is 10.6 Å². The largest absolute Gasteiger partial charge is 0.504 e. The molecule has 1 spiro atoms. The van der Waals surface area contributed by atoms with E-state index in [1.165, 1.54) is 17.0 Å². The maximum Gasteiger partial charge on any atom is 0.250 e. The number of hydrogen-bond acceptors (Lipinski definition) is 6. The summed E-state index contributed by atoms with van der Waals surface area (Å²) in [4.78, 5) is 42.2. The highest BCUT2D eigenvalue weighted by Crippen LogP contribution is 2.54. The van der Waals surface area contributed by atoms with Crippen LogP contribution in [0.25, 0.3) is 0 Å². The highest BCUT2D eigenvalue weighted by Gasteiger charge is 2.71. The maximum absolute atomic E-state index is 13.8. The molecular weight excluding hydrogens is 422 g/mol. The van der Waals surface area contributed by atoms with Gasteiger partial charge in [-0.05, 0) is 57.9 Å². The van der Waals surface area contributed by atoms with Gasteiger partial charge in [0.2, 0.25) is 17.7 Å². The highest BCUT2D eigenvalue weighted by molar-refractivity contribution is 6.15. The molecule has 8 heteroatoms. The van der Waals surface area contributed by atoms with Crippen molar-refractivity contribution in [3.63, 3.8) is 0 Å². The predicted octanol–water partition coefficient (Wildman–Crippen LogP) is 2.17. The molecule has 0 saturated carbocycles. The van der Waals surface area contributed by atoms with E-state index in [0.717, 1.165) is 5.56 Å². The normalized spacial score (nSPS) is 28.4. The number of carbonyl (C=O) groups is 3. The van der Waals surface area contributed by atoms with Crippen LogP contribution in [0.2, 0.25) is 0 Å². The summed E-state index contributed by atoms with van der Waals surface area (Å²) in [5, 5.41) is 25.9. The molecule has 2 aromatic carbocycles. The topological polar surface area (TPSA) is 119 Å². The zero-order valence-electron chi connectivity index (χ0n) is 19.0. The van der Waals surface area contributed by atoms with Crippen LogP contribution in [-0.4, -0.2) is 44.4 Å². The van der Waals surface area contributed by atoms with Gasteiger partial charge >= 0.3 is 0 Å². The number of anilines is 1. The number of amides is 3. The molecule has 3 amide bonds. The second kappa shape index (κ2) is 6.81. The summed E-state index contributed by atoms with van der Waals surface area (Å²) < 4.78 is 0. The van der Waals surface area contributed by atoms with Crippen molar-refractivity contribution in [1.82, 2.24) is 10.2 Å². The van der Waals surface area contributed by atoms with Crippen molar-refractivity contribution in [2.24, 2.45) is 11.8 Å². The second-order valence-corrected chi connectivity index (χ2v) is 10.3. The molecule has 5 rings (SSSR count). The average molecular weight is 450 g/mol. The third-order valence-corrected chi connectivity index (χ3v) is 7.04. The lowest BCUT2D eigenvalue weighted by atomic mass is 9.76. The van der Waals surface area contributed by atoms with E-state index < -0.39 is 29.0 Å². The minimum Gasteiger partial charge on any atom is -0.504 e. The maximum atomic E-state index is 13.8. The van der Waals surface area contributed by atoms with E-state index in [9.17, 15) is 24.6 Å². The van der Waals surface area contributed by atoms with E-state index in [-0.39, 0.29) is 29.2 Å².